The molecule has 0 radical (unpaired) electrons. The minimum Gasteiger partial charge on any atom is -0.466 e. The van der Waals surface area contributed by atoms with Gasteiger partial charge in [0.05, 0.1) is 6.61 Å². The van der Waals surface area contributed by atoms with Gasteiger partial charge in [0.2, 0.25) is 0 Å². The summed E-state index contributed by atoms with van der Waals surface area (Å²) in [4.78, 5) is 10.7. The molecular formula is C12H20O2. The highest BCUT2D eigenvalue weighted by molar-refractivity contribution is 5.65. The van der Waals surface area contributed by atoms with Crippen molar-refractivity contribution >= 4 is 5.97 Å². The van der Waals surface area contributed by atoms with Gasteiger partial charge in [-0.15, -0.1) is 0 Å². The van der Waals surface area contributed by atoms with E-state index in [2.05, 4.69) is 27.4 Å². The fourth-order valence-electron chi connectivity index (χ4n) is 2.35. The maximum atomic E-state index is 10.7. The molecule has 0 aromatic heterocycles. The smallest absolute Gasteiger partial charge is 0.302 e. The summed E-state index contributed by atoms with van der Waals surface area (Å²) >= 11 is 0. The van der Waals surface area contributed by atoms with Crippen molar-refractivity contribution in [2.24, 2.45) is 17.3 Å². The summed E-state index contributed by atoms with van der Waals surface area (Å²) in [7, 11) is 0. The monoisotopic (exact) mass is 196 g/mol. The first-order chi connectivity index (χ1) is 6.35. The van der Waals surface area contributed by atoms with E-state index < -0.39 is 0 Å². The zero-order valence-electron chi connectivity index (χ0n) is 9.59. The highest BCUT2D eigenvalue weighted by atomic mass is 16.5. The fraction of sp³-hybridized carbons (Fsp3) is 0.750. The van der Waals surface area contributed by atoms with Crippen molar-refractivity contribution in [3.63, 3.8) is 0 Å². The molecule has 1 aliphatic rings. The molecule has 2 heteroatoms. The number of ether oxygens (including phenoxy) is 1. The third-order valence-corrected chi connectivity index (χ3v) is 3.55. The first-order valence-corrected chi connectivity index (χ1v) is 5.14. The fourth-order valence-corrected chi connectivity index (χ4v) is 2.35. The summed E-state index contributed by atoms with van der Waals surface area (Å²) in [6.45, 7) is 12.5. The van der Waals surface area contributed by atoms with Crippen LogP contribution in [-0.2, 0) is 9.53 Å². The van der Waals surface area contributed by atoms with Gasteiger partial charge in [0.1, 0.15) is 0 Å². The van der Waals surface area contributed by atoms with Crippen LogP contribution in [0, 0.1) is 17.3 Å². The van der Waals surface area contributed by atoms with Crippen LogP contribution in [0.3, 0.4) is 0 Å². The van der Waals surface area contributed by atoms with Crippen molar-refractivity contribution < 1.29 is 9.53 Å². The van der Waals surface area contributed by atoms with Crippen LogP contribution in [0.1, 0.15) is 34.1 Å². The molecule has 0 bridgehead atoms. The summed E-state index contributed by atoms with van der Waals surface area (Å²) in [5.74, 6) is 0.899. The van der Waals surface area contributed by atoms with Gasteiger partial charge in [0.25, 0.3) is 0 Å². The largest absolute Gasteiger partial charge is 0.466 e. The Bertz CT molecular complexity index is 251. The van der Waals surface area contributed by atoms with E-state index in [0.29, 0.717) is 18.4 Å². The first kappa shape index (κ1) is 11.3. The SMILES string of the molecule is C=C(C)C1C[C@@H](COC(C)=O)C1(C)C. The zero-order chi connectivity index (χ0) is 10.9. The Balaban J connectivity index is 2.46. The third-order valence-electron chi connectivity index (χ3n) is 3.55. The Morgan fingerprint density at radius 2 is 2.07 bits per heavy atom. The molecule has 80 valence electrons. The Morgan fingerprint density at radius 3 is 2.43 bits per heavy atom. The molecule has 1 fully saturated rings. The molecule has 14 heavy (non-hydrogen) atoms. The maximum Gasteiger partial charge on any atom is 0.302 e. The second-order valence-corrected chi connectivity index (χ2v) is 4.96. The molecule has 2 nitrogen and oxygen atoms in total. The lowest BCUT2D eigenvalue weighted by Gasteiger charge is -2.52. The third kappa shape index (κ3) is 1.99. The molecule has 1 aliphatic carbocycles. The minimum absolute atomic E-state index is 0.181. The van der Waals surface area contributed by atoms with Crippen LogP contribution in [0.5, 0.6) is 0 Å². The van der Waals surface area contributed by atoms with Gasteiger partial charge >= 0.3 is 5.97 Å². The van der Waals surface area contributed by atoms with Crippen LogP contribution < -0.4 is 0 Å². The normalized spacial score (nSPS) is 29.1. The van der Waals surface area contributed by atoms with Gasteiger partial charge in [-0.1, -0.05) is 26.0 Å². The predicted octanol–water partition coefficient (Wildman–Crippen LogP) is 2.79. The lowest BCUT2D eigenvalue weighted by molar-refractivity contribution is -0.147. The molecule has 1 unspecified atom stereocenters. The van der Waals surface area contributed by atoms with Crippen molar-refractivity contribution in [1.82, 2.24) is 0 Å². The molecule has 0 heterocycles. The van der Waals surface area contributed by atoms with E-state index >= 15 is 0 Å². The van der Waals surface area contributed by atoms with Gasteiger partial charge in [-0.25, -0.2) is 0 Å². The lowest BCUT2D eigenvalue weighted by Crippen LogP contribution is -2.47. The van der Waals surface area contributed by atoms with E-state index in [1.807, 2.05) is 0 Å². The van der Waals surface area contributed by atoms with E-state index in [1.165, 1.54) is 12.5 Å². The molecule has 2 atom stereocenters. The zero-order valence-corrected chi connectivity index (χ0v) is 9.59. The summed E-state index contributed by atoms with van der Waals surface area (Å²) in [5.41, 5.74) is 1.48. The average Bonchev–Trinajstić information content (AvgIpc) is 2.00. The predicted molar refractivity (Wildman–Crippen MR) is 56.8 cm³/mol. The molecule has 0 aromatic rings. The van der Waals surface area contributed by atoms with E-state index in [-0.39, 0.29) is 11.4 Å². The Morgan fingerprint density at radius 1 is 1.50 bits per heavy atom. The molecule has 0 spiro atoms. The molecule has 0 aromatic carbocycles. The second-order valence-electron chi connectivity index (χ2n) is 4.96. The number of esters is 1. The number of allylic oxidation sites excluding steroid dienone is 1. The van der Waals surface area contributed by atoms with Gasteiger partial charge in [0, 0.05) is 6.92 Å². The van der Waals surface area contributed by atoms with Gasteiger partial charge in [-0.05, 0) is 30.6 Å². The van der Waals surface area contributed by atoms with Gasteiger partial charge in [-0.2, -0.15) is 0 Å². The van der Waals surface area contributed by atoms with Crippen LogP contribution in [0.2, 0.25) is 0 Å². The van der Waals surface area contributed by atoms with E-state index in [4.69, 9.17) is 4.74 Å². The topological polar surface area (TPSA) is 26.3 Å². The van der Waals surface area contributed by atoms with E-state index in [0.717, 1.165) is 6.42 Å². The van der Waals surface area contributed by atoms with E-state index in [9.17, 15) is 4.79 Å². The number of carbonyl (C=O) groups excluding carboxylic acids is 1. The Labute approximate surface area is 86.3 Å². The Hall–Kier alpha value is -0.790. The summed E-state index contributed by atoms with van der Waals surface area (Å²) in [6, 6.07) is 0. The van der Waals surface area contributed by atoms with Crippen LogP contribution in [0.4, 0.5) is 0 Å². The second kappa shape index (κ2) is 3.76. The molecular weight excluding hydrogens is 176 g/mol. The summed E-state index contributed by atoms with van der Waals surface area (Å²) in [6.07, 6.45) is 1.11. The molecule has 0 amide bonds. The van der Waals surface area contributed by atoms with Crippen molar-refractivity contribution in [2.75, 3.05) is 6.61 Å². The Kier molecular flexibility index (Phi) is 3.03. The van der Waals surface area contributed by atoms with Crippen LogP contribution in [0.25, 0.3) is 0 Å². The number of hydrogen-bond acceptors (Lipinski definition) is 2. The van der Waals surface area contributed by atoms with Gasteiger partial charge < -0.3 is 4.74 Å². The molecule has 0 N–H and O–H groups in total. The van der Waals surface area contributed by atoms with Crippen LogP contribution >= 0.6 is 0 Å². The molecule has 1 saturated carbocycles. The highest BCUT2D eigenvalue weighted by Gasteiger charge is 2.48. The molecule has 0 aliphatic heterocycles. The highest BCUT2D eigenvalue weighted by Crippen LogP contribution is 2.54. The molecule has 0 saturated heterocycles. The summed E-state index contributed by atoms with van der Waals surface area (Å²) in [5, 5.41) is 0. The van der Waals surface area contributed by atoms with Gasteiger partial charge in [0.15, 0.2) is 0 Å². The van der Waals surface area contributed by atoms with E-state index in [1.54, 1.807) is 0 Å². The maximum absolute atomic E-state index is 10.7. The van der Waals surface area contributed by atoms with Crippen LogP contribution in [-0.4, -0.2) is 12.6 Å². The number of carbonyl (C=O) groups is 1. The molecule has 1 rings (SSSR count). The summed E-state index contributed by atoms with van der Waals surface area (Å²) < 4.78 is 5.04. The van der Waals surface area contributed by atoms with Crippen molar-refractivity contribution in [2.45, 2.75) is 34.1 Å². The standard InChI is InChI=1S/C12H20O2/c1-8(2)11-6-10(12(11,4)5)7-14-9(3)13/h10-11H,1,6-7H2,2-5H3/t10-,11?/m0/s1. The lowest BCUT2D eigenvalue weighted by atomic mass is 9.53. The van der Waals surface area contributed by atoms with Crippen LogP contribution in [0.15, 0.2) is 12.2 Å². The number of hydrogen-bond donors (Lipinski definition) is 0. The van der Waals surface area contributed by atoms with Crippen molar-refractivity contribution in [3.05, 3.63) is 12.2 Å². The van der Waals surface area contributed by atoms with Crippen molar-refractivity contribution in [3.8, 4) is 0 Å². The average molecular weight is 196 g/mol. The quantitative estimate of drug-likeness (QED) is 0.512. The number of rotatable bonds is 3. The van der Waals surface area contributed by atoms with Gasteiger partial charge in [-0.3, -0.25) is 4.79 Å². The minimum atomic E-state index is -0.181. The van der Waals surface area contributed by atoms with Crippen molar-refractivity contribution in [1.29, 1.82) is 0 Å². The first-order valence-electron chi connectivity index (χ1n) is 5.14.